The monoisotopic (exact) mass is 318 g/mol. The highest BCUT2D eigenvalue weighted by Gasteiger charge is 2.20. The van der Waals surface area contributed by atoms with Crippen molar-refractivity contribution >= 4 is 34.1 Å². The van der Waals surface area contributed by atoms with Crippen LogP contribution in [0.15, 0.2) is 33.2 Å². The summed E-state index contributed by atoms with van der Waals surface area (Å²) in [5, 5.41) is 10.1. The Balaban J connectivity index is 2.30. The minimum atomic E-state index is -0.950. The van der Waals surface area contributed by atoms with Crippen LogP contribution in [0, 0.1) is 0 Å². The first-order valence-corrected chi connectivity index (χ1v) is 6.78. The number of fused-ring (bicyclic) bond motifs is 1. The molecule has 0 unspecified atom stereocenters. The van der Waals surface area contributed by atoms with E-state index in [-0.39, 0.29) is 5.56 Å². The van der Waals surface area contributed by atoms with Gasteiger partial charge in [0, 0.05) is 15.3 Å². The molecule has 0 fully saturated rings. The van der Waals surface area contributed by atoms with E-state index in [4.69, 9.17) is 4.42 Å². The fourth-order valence-corrected chi connectivity index (χ4v) is 2.54. The Labute approximate surface area is 118 Å². The smallest absolute Gasteiger partial charge is 0.340 e. The molecule has 19 heavy (non-hydrogen) atoms. The summed E-state index contributed by atoms with van der Waals surface area (Å²) in [5.74, 6) is -0.520. The number of carboxylic acid groups (broad SMARTS) is 1. The predicted molar refractivity (Wildman–Crippen MR) is 76.2 cm³/mol. The van der Waals surface area contributed by atoms with Crippen molar-refractivity contribution in [1.82, 2.24) is 0 Å². The van der Waals surface area contributed by atoms with Crippen LogP contribution in [0.1, 0.15) is 23.2 Å². The molecule has 0 radical (unpaired) electrons. The second-order valence-corrected chi connectivity index (χ2v) is 5.30. The summed E-state index contributed by atoms with van der Waals surface area (Å²) >= 11 is 3.36. The van der Waals surface area contributed by atoms with Gasteiger partial charge in [-0.2, -0.15) is 0 Å². The van der Waals surface area contributed by atoms with Crippen LogP contribution in [0.25, 0.3) is 23.5 Å². The summed E-state index contributed by atoms with van der Waals surface area (Å²) in [4.78, 5) is 11.5. The van der Waals surface area contributed by atoms with Gasteiger partial charge in [-0.25, -0.2) is 4.79 Å². The summed E-state index contributed by atoms with van der Waals surface area (Å²) in [5.41, 5.74) is 1.70. The van der Waals surface area contributed by atoms with Gasteiger partial charge in [0.15, 0.2) is 0 Å². The molecule has 1 heterocycles. The zero-order valence-corrected chi connectivity index (χ0v) is 11.6. The lowest BCUT2D eigenvalue weighted by atomic mass is 10.1. The van der Waals surface area contributed by atoms with Gasteiger partial charge in [0.05, 0.1) is 0 Å². The minimum absolute atomic E-state index is 0.258. The van der Waals surface area contributed by atoms with Gasteiger partial charge < -0.3 is 9.52 Å². The maximum Gasteiger partial charge on any atom is 0.340 e. The zero-order chi connectivity index (χ0) is 13.4. The second-order valence-electron chi connectivity index (χ2n) is 4.38. The molecule has 1 aliphatic rings. The van der Waals surface area contributed by atoms with E-state index in [2.05, 4.69) is 15.9 Å². The normalized spacial score (nSPS) is 13.3. The largest absolute Gasteiger partial charge is 0.478 e. The number of hydrogen-bond donors (Lipinski definition) is 1. The van der Waals surface area contributed by atoms with Crippen LogP contribution in [0.4, 0.5) is 0 Å². The number of aromatic carboxylic acids is 1. The van der Waals surface area contributed by atoms with E-state index in [1.54, 1.807) is 0 Å². The Kier molecular flexibility index (Phi) is 3.03. The summed E-state index contributed by atoms with van der Waals surface area (Å²) in [7, 11) is 0. The van der Waals surface area contributed by atoms with Crippen LogP contribution in [0.2, 0.25) is 0 Å². The highest BCUT2D eigenvalue weighted by molar-refractivity contribution is 9.10. The topological polar surface area (TPSA) is 50.4 Å². The number of hydrogen-bond acceptors (Lipinski definition) is 2. The summed E-state index contributed by atoms with van der Waals surface area (Å²) in [6.45, 7) is 0. The van der Waals surface area contributed by atoms with E-state index in [1.165, 1.54) is 0 Å². The van der Waals surface area contributed by atoms with Gasteiger partial charge in [-0.05, 0) is 31.1 Å². The Morgan fingerprint density at radius 1 is 1.16 bits per heavy atom. The lowest BCUT2D eigenvalue weighted by Gasteiger charge is -1.99. The molecule has 0 atom stereocenters. The van der Waals surface area contributed by atoms with E-state index < -0.39 is 5.97 Å². The number of carboxylic acids is 1. The van der Waals surface area contributed by atoms with Crippen molar-refractivity contribution in [3.63, 3.8) is 0 Å². The maximum absolute atomic E-state index is 11.5. The standard InChI is InChI=1S/C15H11BrO3/c16-10-7-5-9(6-8-10)14-13(15(17)18)11-3-1-2-4-12(11)19-14/h3-8H,1-2H2,(H,17,18). The van der Waals surface area contributed by atoms with Gasteiger partial charge >= 0.3 is 5.97 Å². The molecular formula is C15H11BrO3. The molecule has 0 bridgehead atoms. The molecule has 0 amide bonds. The minimum Gasteiger partial charge on any atom is -0.478 e. The fraction of sp³-hybridized carbons (Fsp3) is 0.133. The summed E-state index contributed by atoms with van der Waals surface area (Å²) < 4.78 is 6.69. The summed E-state index contributed by atoms with van der Waals surface area (Å²) in [6.07, 6.45) is 5.63. The van der Waals surface area contributed by atoms with Gasteiger partial charge in [0.1, 0.15) is 16.7 Å². The Morgan fingerprint density at radius 2 is 1.84 bits per heavy atom. The maximum atomic E-state index is 11.5. The number of furan rings is 1. The molecule has 0 spiro atoms. The summed E-state index contributed by atoms with van der Waals surface area (Å²) in [6, 6.07) is 7.44. The molecule has 1 N–H and O–H groups in total. The van der Waals surface area contributed by atoms with Crippen molar-refractivity contribution in [1.29, 1.82) is 0 Å². The van der Waals surface area contributed by atoms with Crippen LogP contribution in [-0.4, -0.2) is 11.1 Å². The van der Waals surface area contributed by atoms with Crippen LogP contribution >= 0.6 is 15.9 Å². The van der Waals surface area contributed by atoms with E-state index in [1.807, 2.05) is 36.4 Å². The first kappa shape index (κ1) is 12.2. The van der Waals surface area contributed by atoms with E-state index in [0.29, 0.717) is 16.4 Å². The van der Waals surface area contributed by atoms with Crippen molar-refractivity contribution < 1.29 is 14.3 Å². The first-order chi connectivity index (χ1) is 9.16. The first-order valence-electron chi connectivity index (χ1n) is 5.99. The van der Waals surface area contributed by atoms with Crippen molar-refractivity contribution in [3.05, 3.63) is 44.9 Å². The van der Waals surface area contributed by atoms with Crippen molar-refractivity contribution in [3.8, 4) is 11.3 Å². The fourth-order valence-electron chi connectivity index (χ4n) is 2.27. The third-order valence-electron chi connectivity index (χ3n) is 3.14. The van der Waals surface area contributed by atoms with Crippen LogP contribution in [0.5, 0.6) is 0 Å². The number of halogens is 1. The van der Waals surface area contributed by atoms with Gasteiger partial charge in [0.25, 0.3) is 0 Å². The van der Waals surface area contributed by atoms with Crippen molar-refractivity contribution in [2.24, 2.45) is 0 Å². The van der Waals surface area contributed by atoms with Crippen LogP contribution in [0.3, 0.4) is 0 Å². The predicted octanol–water partition coefficient (Wildman–Crippen LogP) is 2.76. The van der Waals surface area contributed by atoms with Crippen LogP contribution < -0.4 is 10.6 Å². The number of rotatable bonds is 2. The molecule has 0 saturated carbocycles. The molecular weight excluding hydrogens is 308 g/mol. The highest BCUT2D eigenvalue weighted by atomic mass is 79.9. The molecule has 0 saturated heterocycles. The van der Waals surface area contributed by atoms with E-state index in [0.717, 1.165) is 22.9 Å². The number of benzene rings is 1. The molecule has 96 valence electrons. The molecule has 1 aromatic carbocycles. The zero-order valence-electron chi connectivity index (χ0n) is 10.0. The van der Waals surface area contributed by atoms with Gasteiger partial charge in [-0.1, -0.05) is 34.1 Å². The Morgan fingerprint density at radius 3 is 2.53 bits per heavy atom. The Bertz CT molecular complexity index is 754. The third-order valence-corrected chi connectivity index (χ3v) is 3.67. The molecule has 0 aliphatic heterocycles. The van der Waals surface area contributed by atoms with Gasteiger partial charge in [0.2, 0.25) is 0 Å². The Hall–Kier alpha value is -1.81. The lowest BCUT2D eigenvalue weighted by molar-refractivity contribution is 0.0696. The molecule has 2 aromatic rings. The quantitative estimate of drug-likeness (QED) is 0.926. The highest BCUT2D eigenvalue weighted by Crippen LogP contribution is 2.23. The number of carbonyl (C=O) groups is 1. The molecule has 1 aliphatic carbocycles. The molecule has 4 heteroatoms. The third kappa shape index (κ3) is 2.12. The average molecular weight is 319 g/mol. The average Bonchev–Trinajstić information content (AvgIpc) is 2.78. The second kappa shape index (κ2) is 4.70. The molecule has 1 aromatic heterocycles. The van der Waals surface area contributed by atoms with Gasteiger partial charge in [-0.3, -0.25) is 0 Å². The van der Waals surface area contributed by atoms with Crippen LogP contribution in [-0.2, 0) is 0 Å². The van der Waals surface area contributed by atoms with Gasteiger partial charge in [-0.15, -0.1) is 0 Å². The van der Waals surface area contributed by atoms with Crippen molar-refractivity contribution in [2.75, 3.05) is 0 Å². The molecule has 3 nitrogen and oxygen atoms in total. The van der Waals surface area contributed by atoms with Crippen molar-refractivity contribution in [2.45, 2.75) is 12.8 Å². The lowest BCUT2D eigenvalue weighted by Crippen LogP contribution is -2.27. The van der Waals surface area contributed by atoms with E-state index in [9.17, 15) is 9.90 Å². The SMILES string of the molecule is O=C(O)c1c(-c2ccc(Br)cc2)oc2c1=CCCC=2. The molecule has 3 rings (SSSR count). The van der Waals surface area contributed by atoms with E-state index >= 15 is 0 Å².